The van der Waals surface area contributed by atoms with E-state index in [4.69, 9.17) is 4.74 Å². The van der Waals surface area contributed by atoms with E-state index in [1.165, 1.54) is 18.3 Å². The molecule has 2 aromatic heterocycles. The van der Waals surface area contributed by atoms with Gasteiger partial charge in [-0.25, -0.2) is 9.78 Å². The largest absolute Gasteiger partial charge is 0.448 e. The summed E-state index contributed by atoms with van der Waals surface area (Å²) >= 11 is 1.35. The van der Waals surface area contributed by atoms with E-state index in [2.05, 4.69) is 15.4 Å². The standard InChI is InChI=1S/C19H20N4O3S/c1-11-16(12(2)23(4)22-11)21-17(24)13(3)26-19(25)15-10-27-18(20-15)14-8-6-5-7-9-14/h5-10,13H,1-4H3,(H,21,24)/t13-/m1/s1. The van der Waals surface area contributed by atoms with Gasteiger partial charge in [0, 0.05) is 18.0 Å². The van der Waals surface area contributed by atoms with Gasteiger partial charge in [0.15, 0.2) is 11.8 Å². The molecule has 7 nitrogen and oxygen atoms in total. The number of hydrogen-bond donors (Lipinski definition) is 1. The maximum atomic E-state index is 12.4. The van der Waals surface area contributed by atoms with Crippen molar-refractivity contribution in [1.29, 1.82) is 0 Å². The lowest BCUT2D eigenvalue weighted by Gasteiger charge is -2.13. The van der Waals surface area contributed by atoms with Gasteiger partial charge in [0.1, 0.15) is 5.01 Å². The molecule has 3 rings (SSSR count). The topological polar surface area (TPSA) is 86.1 Å². The Hall–Kier alpha value is -3.00. The Morgan fingerprint density at radius 1 is 1.22 bits per heavy atom. The maximum Gasteiger partial charge on any atom is 0.358 e. The first kappa shape index (κ1) is 18.8. The highest BCUT2D eigenvalue weighted by Crippen LogP contribution is 2.24. The summed E-state index contributed by atoms with van der Waals surface area (Å²) in [5, 5.41) is 9.37. The highest BCUT2D eigenvalue weighted by molar-refractivity contribution is 7.13. The number of ether oxygens (including phenoxy) is 1. The number of nitrogens with zero attached hydrogens (tertiary/aromatic N) is 3. The van der Waals surface area contributed by atoms with Crippen molar-refractivity contribution in [3.05, 3.63) is 52.8 Å². The van der Waals surface area contributed by atoms with Crippen LogP contribution >= 0.6 is 11.3 Å². The number of carbonyl (C=O) groups is 2. The number of anilines is 1. The van der Waals surface area contributed by atoms with Crippen LogP contribution in [-0.4, -0.2) is 32.7 Å². The third-order valence-corrected chi connectivity index (χ3v) is 5.04. The Labute approximate surface area is 161 Å². The van der Waals surface area contributed by atoms with Crippen LogP contribution in [0.4, 0.5) is 5.69 Å². The molecule has 1 amide bonds. The summed E-state index contributed by atoms with van der Waals surface area (Å²) < 4.78 is 6.95. The molecule has 0 aliphatic rings. The van der Waals surface area contributed by atoms with E-state index in [0.717, 1.165) is 16.3 Å². The van der Waals surface area contributed by atoms with E-state index in [0.29, 0.717) is 11.4 Å². The van der Waals surface area contributed by atoms with E-state index in [-0.39, 0.29) is 5.69 Å². The van der Waals surface area contributed by atoms with Crippen molar-refractivity contribution < 1.29 is 14.3 Å². The second kappa shape index (κ2) is 7.71. The summed E-state index contributed by atoms with van der Waals surface area (Å²) in [5.41, 5.74) is 3.27. The number of nitrogens with one attached hydrogen (secondary N) is 1. The zero-order valence-electron chi connectivity index (χ0n) is 15.5. The van der Waals surface area contributed by atoms with Crippen molar-refractivity contribution in [2.45, 2.75) is 26.9 Å². The van der Waals surface area contributed by atoms with Gasteiger partial charge >= 0.3 is 5.97 Å². The minimum absolute atomic E-state index is 0.187. The lowest BCUT2D eigenvalue weighted by molar-refractivity contribution is -0.123. The number of aryl methyl sites for hydroxylation is 2. The molecule has 140 valence electrons. The third kappa shape index (κ3) is 4.06. The first-order valence-corrected chi connectivity index (χ1v) is 9.27. The molecule has 1 atom stereocenters. The monoisotopic (exact) mass is 384 g/mol. The minimum atomic E-state index is -0.960. The molecule has 0 aliphatic heterocycles. The Bertz CT molecular complexity index is 978. The van der Waals surface area contributed by atoms with Crippen molar-refractivity contribution in [2.75, 3.05) is 5.32 Å². The van der Waals surface area contributed by atoms with Gasteiger partial charge in [-0.2, -0.15) is 5.10 Å². The molecule has 0 saturated carbocycles. The van der Waals surface area contributed by atoms with Gasteiger partial charge in [-0.15, -0.1) is 11.3 Å². The fourth-order valence-corrected chi connectivity index (χ4v) is 3.33. The molecule has 1 aromatic carbocycles. The summed E-state index contributed by atoms with van der Waals surface area (Å²) in [6, 6.07) is 9.57. The number of benzene rings is 1. The van der Waals surface area contributed by atoms with Crippen LogP contribution in [0, 0.1) is 13.8 Å². The predicted octanol–water partition coefficient (Wildman–Crippen LogP) is 3.34. The Kier molecular flexibility index (Phi) is 5.36. The van der Waals surface area contributed by atoms with Crippen LogP contribution < -0.4 is 5.32 Å². The van der Waals surface area contributed by atoms with Crippen molar-refractivity contribution in [2.24, 2.45) is 7.05 Å². The summed E-state index contributed by atoms with van der Waals surface area (Å²) in [6.07, 6.45) is -0.960. The van der Waals surface area contributed by atoms with E-state index in [1.54, 1.807) is 24.0 Å². The van der Waals surface area contributed by atoms with Crippen LogP contribution in [-0.2, 0) is 16.6 Å². The van der Waals surface area contributed by atoms with Crippen molar-refractivity contribution >= 4 is 28.9 Å². The van der Waals surface area contributed by atoms with E-state index >= 15 is 0 Å². The Morgan fingerprint density at radius 3 is 2.56 bits per heavy atom. The van der Waals surface area contributed by atoms with Crippen LogP contribution in [0.1, 0.15) is 28.8 Å². The average molecular weight is 384 g/mol. The molecule has 0 radical (unpaired) electrons. The molecular formula is C19H20N4O3S. The number of esters is 1. The van der Waals surface area contributed by atoms with Crippen LogP contribution in [0.3, 0.4) is 0 Å². The molecule has 1 N–H and O–H groups in total. The lowest BCUT2D eigenvalue weighted by Crippen LogP contribution is -2.30. The predicted molar refractivity (Wildman–Crippen MR) is 104 cm³/mol. The van der Waals surface area contributed by atoms with Gasteiger partial charge in [0.25, 0.3) is 5.91 Å². The molecule has 3 aromatic rings. The highest BCUT2D eigenvalue weighted by Gasteiger charge is 2.23. The molecule has 0 aliphatic carbocycles. The maximum absolute atomic E-state index is 12.4. The third-order valence-electron chi connectivity index (χ3n) is 4.14. The summed E-state index contributed by atoms with van der Waals surface area (Å²) in [7, 11) is 1.80. The van der Waals surface area contributed by atoms with E-state index < -0.39 is 18.0 Å². The number of hydrogen-bond acceptors (Lipinski definition) is 6. The smallest absolute Gasteiger partial charge is 0.358 e. The zero-order chi connectivity index (χ0) is 19.6. The molecule has 0 saturated heterocycles. The van der Waals surface area contributed by atoms with Gasteiger partial charge in [-0.3, -0.25) is 9.48 Å². The highest BCUT2D eigenvalue weighted by atomic mass is 32.1. The SMILES string of the molecule is Cc1nn(C)c(C)c1NC(=O)[C@@H](C)OC(=O)c1csc(-c2ccccc2)n1. The lowest BCUT2D eigenvalue weighted by atomic mass is 10.2. The zero-order valence-corrected chi connectivity index (χ0v) is 16.3. The molecular weight excluding hydrogens is 364 g/mol. The minimum Gasteiger partial charge on any atom is -0.448 e. The molecule has 0 unspecified atom stereocenters. The number of carbonyl (C=O) groups excluding carboxylic acids is 2. The summed E-state index contributed by atoms with van der Waals surface area (Å²) in [4.78, 5) is 29.0. The molecule has 8 heteroatoms. The van der Waals surface area contributed by atoms with Crippen molar-refractivity contribution in [3.8, 4) is 10.6 Å². The summed E-state index contributed by atoms with van der Waals surface area (Å²) in [6.45, 7) is 5.19. The average Bonchev–Trinajstić information content (AvgIpc) is 3.23. The van der Waals surface area contributed by atoms with Gasteiger partial charge in [0.2, 0.25) is 0 Å². The number of rotatable bonds is 5. The van der Waals surface area contributed by atoms with Crippen LogP contribution in [0.2, 0.25) is 0 Å². The van der Waals surface area contributed by atoms with Gasteiger partial charge in [-0.1, -0.05) is 30.3 Å². The molecule has 0 spiro atoms. The fraction of sp³-hybridized carbons (Fsp3) is 0.263. The molecule has 0 bridgehead atoms. The molecule has 2 heterocycles. The second-order valence-corrected chi connectivity index (χ2v) is 6.97. The van der Waals surface area contributed by atoms with Gasteiger partial charge in [-0.05, 0) is 20.8 Å². The van der Waals surface area contributed by atoms with Gasteiger partial charge < -0.3 is 10.1 Å². The van der Waals surface area contributed by atoms with Crippen LogP contribution in [0.15, 0.2) is 35.7 Å². The quantitative estimate of drug-likeness (QED) is 0.682. The van der Waals surface area contributed by atoms with Crippen LogP contribution in [0.25, 0.3) is 10.6 Å². The van der Waals surface area contributed by atoms with Crippen LogP contribution in [0.5, 0.6) is 0 Å². The van der Waals surface area contributed by atoms with Gasteiger partial charge in [0.05, 0.1) is 17.1 Å². The second-order valence-electron chi connectivity index (χ2n) is 6.11. The van der Waals surface area contributed by atoms with E-state index in [1.807, 2.05) is 37.3 Å². The Morgan fingerprint density at radius 2 is 1.93 bits per heavy atom. The number of thiazole rings is 1. The first-order chi connectivity index (χ1) is 12.9. The first-order valence-electron chi connectivity index (χ1n) is 8.39. The normalized spacial score (nSPS) is 11.9. The number of amides is 1. The van der Waals surface area contributed by atoms with E-state index in [9.17, 15) is 9.59 Å². The molecule has 0 fully saturated rings. The molecule has 27 heavy (non-hydrogen) atoms. The van der Waals surface area contributed by atoms with Crippen molar-refractivity contribution in [3.63, 3.8) is 0 Å². The Balaban J connectivity index is 1.65. The fourth-order valence-electron chi connectivity index (χ4n) is 2.53. The number of aromatic nitrogens is 3. The summed E-state index contributed by atoms with van der Waals surface area (Å²) in [5.74, 6) is -1.04. The van der Waals surface area contributed by atoms with Crippen molar-refractivity contribution in [1.82, 2.24) is 14.8 Å².